The number of aryl methyl sites for hydroxylation is 2. The second kappa shape index (κ2) is 7.78. The number of rotatable bonds is 5. The fourth-order valence-corrected chi connectivity index (χ4v) is 2.96. The molecule has 0 spiro atoms. The monoisotopic (exact) mass is 360 g/mol. The van der Waals surface area contributed by atoms with E-state index in [1.54, 1.807) is 30.2 Å². The number of aromatic nitrogens is 1. The zero-order valence-corrected chi connectivity index (χ0v) is 15.6. The molecule has 1 aromatic heterocycles. The van der Waals surface area contributed by atoms with E-state index in [1.165, 1.54) is 0 Å². The molecule has 2 aromatic rings. The van der Waals surface area contributed by atoms with Crippen LogP contribution in [-0.2, 0) is 11.3 Å². The van der Waals surface area contributed by atoms with E-state index in [0.29, 0.717) is 43.4 Å². The van der Waals surface area contributed by atoms with E-state index in [2.05, 4.69) is 5.16 Å². The molecule has 0 radical (unpaired) electrons. The van der Waals surface area contributed by atoms with Crippen LogP contribution in [0.25, 0.3) is 0 Å². The van der Waals surface area contributed by atoms with E-state index < -0.39 is 0 Å². The lowest BCUT2D eigenvalue weighted by atomic mass is 10.1. The van der Waals surface area contributed by atoms with Gasteiger partial charge in [0.05, 0.1) is 31.1 Å². The number of amides is 1. The molecule has 3 rings (SSSR count). The summed E-state index contributed by atoms with van der Waals surface area (Å²) in [6, 6.07) is 5.23. The Bertz CT molecular complexity index is 767. The second-order valence-corrected chi connectivity index (χ2v) is 6.39. The molecule has 0 saturated carbocycles. The van der Waals surface area contributed by atoms with Gasteiger partial charge in [0, 0.05) is 18.7 Å². The molecular weight excluding hydrogens is 336 g/mol. The van der Waals surface area contributed by atoms with E-state index in [0.717, 1.165) is 17.0 Å². The van der Waals surface area contributed by atoms with Crippen molar-refractivity contribution in [3.8, 4) is 11.5 Å². The van der Waals surface area contributed by atoms with Crippen LogP contribution in [0.1, 0.15) is 34.3 Å². The van der Waals surface area contributed by atoms with Gasteiger partial charge >= 0.3 is 0 Å². The van der Waals surface area contributed by atoms with E-state index in [9.17, 15) is 4.79 Å². The highest BCUT2D eigenvalue weighted by Gasteiger charge is 2.23. The van der Waals surface area contributed by atoms with Crippen molar-refractivity contribution in [3.05, 3.63) is 40.8 Å². The number of ether oxygens (including phenoxy) is 3. The summed E-state index contributed by atoms with van der Waals surface area (Å²) < 4.78 is 21.9. The topological polar surface area (TPSA) is 74.0 Å². The van der Waals surface area contributed by atoms with Crippen molar-refractivity contribution in [2.24, 2.45) is 0 Å². The molecule has 26 heavy (non-hydrogen) atoms. The van der Waals surface area contributed by atoms with Crippen LogP contribution in [0, 0.1) is 13.8 Å². The summed E-state index contributed by atoms with van der Waals surface area (Å²) in [6.07, 6.45) is 0.0484. The molecule has 0 aliphatic carbocycles. The van der Waals surface area contributed by atoms with Crippen LogP contribution < -0.4 is 9.47 Å². The summed E-state index contributed by atoms with van der Waals surface area (Å²) in [4.78, 5) is 14.5. The third-order valence-corrected chi connectivity index (χ3v) is 4.49. The molecule has 7 nitrogen and oxygen atoms in total. The maximum Gasteiger partial charge on any atom is 0.254 e. The highest BCUT2D eigenvalue weighted by atomic mass is 16.5. The summed E-state index contributed by atoms with van der Waals surface area (Å²) in [5, 5.41) is 3.92. The van der Waals surface area contributed by atoms with Crippen LogP contribution in [0.4, 0.5) is 0 Å². The molecule has 1 aliphatic rings. The van der Waals surface area contributed by atoms with E-state index in [1.807, 2.05) is 20.8 Å². The van der Waals surface area contributed by atoms with Crippen molar-refractivity contribution < 1.29 is 23.5 Å². The lowest BCUT2D eigenvalue weighted by Crippen LogP contribution is -2.44. The molecule has 2 heterocycles. The Kier molecular flexibility index (Phi) is 5.46. The van der Waals surface area contributed by atoms with Crippen molar-refractivity contribution in [2.75, 3.05) is 26.8 Å². The Hall–Kier alpha value is -2.54. The normalized spacial score (nSPS) is 17.2. The quantitative estimate of drug-likeness (QED) is 0.816. The van der Waals surface area contributed by atoms with Crippen LogP contribution in [-0.4, -0.2) is 48.9 Å². The van der Waals surface area contributed by atoms with E-state index in [4.69, 9.17) is 18.7 Å². The summed E-state index contributed by atoms with van der Waals surface area (Å²) in [6.45, 7) is 7.75. The van der Waals surface area contributed by atoms with Crippen LogP contribution in [0.2, 0.25) is 0 Å². The van der Waals surface area contributed by atoms with Gasteiger partial charge in [-0.1, -0.05) is 5.16 Å². The SMILES string of the molecule is COc1cc(C(=O)N2CCOC(C)C2)ccc1OCc1c(C)noc1C. The molecule has 1 saturated heterocycles. The number of morpholine rings is 1. The van der Waals surface area contributed by atoms with Crippen LogP contribution >= 0.6 is 0 Å². The summed E-state index contributed by atoms with van der Waals surface area (Å²) >= 11 is 0. The molecular formula is C19H24N2O5. The minimum atomic E-state index is -0.0317. The molecule has 1 aliphatic heterocycles. The van der Waals surface area contributed by atoms with Gasteiger partial charge in [-0.05, 0) is 39.0 Å². The summed E-state index contributed by atoms with van der Waals surface area (Å²) in [5.74, 6) is 1.79. The largest absolute Gasteiger partial charge is 0.493 e. The van der Waals surface area contributed by atoms with Crippen molar-refractivity contribution in [2.45, 2.75) is 33.5 Å². The lowest BCUT2D eigenvalue weighted by Gasteiger charge is -2.31. The molecule has 1 fully saturated rings. The zero-order valence-electron chi connectivity index (χ0n) is 15.6. The van der Waals surface area contributed by atoms with Crippen LogP contribution in [0.15, 0.2) is 22.7 Å². The number of carbonyl (C=O) groups is 1. The van der Waals surface area contributed by atoms with Gasteiger partial charge in [0.25, 0.3) is 5.91 Å². The second-order valence-electron chi connectivity index (χ2n) is 6.39. The lowest BCUT2D eigenvalue weighted by molar-refractivity contribution is -0.0124. The van der Waals surface area contributed by atoms with Gasteiger partial charge < -0.3 is 23.6 Å². The van der Waals surface area contributed by atoms with E-state index >= 15 is 0 Å². The first-order chi connectivity index (χ1) is 12.5. The first-order valence-electron chi connectivity index (χ1n) is 8.63. The molecule has 7 heteroatoms. The summed E-state index contributed by atoms with van der Waals surface area (Å²) in [7, 11) is 1.56. The first-order valence-corrected chi connectivity index (χ1v) is 8.63. The Morgan fingerprint density at radius 1 is 1.35 bits per heavy atom. The van der Waals surface area contributed by atoms with Crippen molar-refractivity contribution in [1.29, 1.82) is 0 Å². The zero-order chi connectivity index (χ0) is 18.7. The number of nitrogens with zero attached hydrogens (tertiary/aromatic N) is 2. The Morgan fingerprint density at radius 2 is 2.15 bits per heavy atom. The molecule has 0 bridgehead atoms. The maximum absolute atomic E-state index is 12.7. The number of hydrogen-bond acceptors (Lipinski definition) is 6. The highest BCUT2D eigenvalue weighted by molar-refractivity contribution is 5.95. The smallest absolute Gasteiger partial charge is 0.254 e. The van der Waals surface area contributed by atoms with Gasteiger partial charge in [0.2, 0.25) is 0 Å². The van der Waals surface area contributed by atoms with Gasteiger partial charge in [-0.15, -0.1) is 0 Å². The number of benzene rings is 1. The molecule has 1 amide bonds. The predicted octanol–water partition coefficient (Wildman–Crippen LogP) is 2.74. The molecule has 0 N–H and O–H groups in total. The number of carbonyl (C=O) groups excluding carboxylic acids is 1. The fourth-order valence-electron chi connectivity index (χ4n) is 2.96. The minimum absolute atomic E-state index is 0.0317. The van der Waals surface area contributed by atoms with Gasteiger partial charge in [0.15, 0.2) is 11.5 Å². The maximum atomic E-state index is 12.7. The number of hydrogen-bond donors (Lipinski definition) is 0. The molecule has 1 atom stereocenters. The Labute approximate surface area is 152 Å². The Balaban J connectivity index is 1.74. The van der Waals surface area contributed by atoms with E-state index in [-0.39, 0.29) is 12.0 Å². The highest BCUT2D eigenvalue weighted by Crippen LogP contribution is 2.30. The van der Waals surface area contributed by atoms with Gasteiger partial charge in [-0.3, -0.25) is 4.79 Å². The van der Waals surface area contributed by atoms with Crippen molar-refractivity contribution in [3.63, 3.8) is 0 Å². The number of methoxy groups -OCH3 is 1. The minimum Gasteiger partial charge on any atom is -0.493 e. The van der Waals surface area contributed by atoms with Crippen LogP contribution in [0.3, 0.4) is 0 Å². The van der Waals surface area contributed by atoms with Gasteiger partial charge in [-0.25, -0.2) is 0 Å². The average Bonchev–Trinajstić information content (AvgIpc) is 2.97. The van der Waals surface area contributed by atoms with Crippen LogP contribution in [0.5, 0.6) is 11.5 Å². The van der Waals surface area contributed by atoms with Crippen molar-refractivity contribution >= 4 is 5.91 Å². The Morgan fingerprint density at radius 3 is 2.81 bits per heavy atom. The molecule has 140 valence electrons. The average molecular weight is 360 g/mol. The third-order valence-electron chi connectivity index (χ3n) is 4.49. The molecule has 1 aromatic carbocycles. The standard InChI is InChI=1S/C19H24N2O5/c1-12-10-21(7-8-24-12)19(22)15-5-6-17(18(9-15)23-4)25-11-16-13(2)20-26-14(16)3/h5-6,9,12H,7-8,10-11H2,1-4H3. The van der Waals surface area contributed by atoms with Gasteiger partial charge in [-0.2, -0.15) is 0 Å². The fraction of sp³-hybridized carbons (Fsp3) is 0.474. The summed E-state index contributed by atoms with van der Waals surface area (Å²) in [5.41, 5.74) is 2.28. The first kappa shape index (κ1) is 18.3. The third kappa shape index (κ3) is 3.83. The molecule has 1 unspecified atom stereocenters. The van der Waals surface area contributed by atoms with Gasteiger partial charge in [0.1, 0.15) is 12.4 Å². The predicted molar refractivity (Wildman–Crippen MR) is 94.6 cm³/mol. The van der Waals surface area contributed by atoms with Crippen molar-refractivity contribution in [1.82, 2.24) is 10.1 Å².